The highest BCUT2D eigenvalue weighted by Crippen LogP contribution is 2.37. The first-order chi connectivity index (χ1) is 9.72. The summed E-state index contributed by atoms with van der Waals surface area (Å²) in [5.74, 6) is 2.23. The third-order valence-corrected chi connectivity index (χ3v) is 5.71. The molecule has 0 spiro atoms. The molecule has 0 amide bonds. The van der Waals surface area contributed by atoms with E-state index in [4.69, 9.17) is 4.42 Å². The summed E-state index contributed by atoms with van der Waals surface area (Å²) in [5, 5.41) is 3.26. The quantitative estimate of drug-likeness (QED) is 0.810. The lowest BCUT2D eigenvalue weighted by Crippen LogP contribution is -2.29. The molecule has 5 nitrogen and oxygen atoms in total. The van der Waals surface area contributed by atoms with Crippen molar-refractivity contribution >= 4 is 10.0 Å². The maximum absolute atomic E-state index is 12.6. The largest absolute Gasteiger partial charge is 0.465 e. The number of furan rings is 1. The lowest BCUT2D eigenvalue weighted by atomic mass is 10.2. The van der Waals surface area contributed by atoms with Gasteiger partial charge in [0.1, 0.15) is 16.4 Å². The van der Waals surface area contributed by atoms with Crippen molar-refractivity contribution < 1.29 is 12.8 Å². The number of sulfonamides is 1. The van der Waals surface area contributed by atoms with Gasteiger partial charge in [0, 0.05) is 24.7 Å². The van der Waals surface area contributed by atoms with Crippen LogP contribution in [0.4, 0.5) is 0 Å². The summed E-state index contributed by atoms with van der Waals surface area (Å²) in [6, 6.07) is 0.287. The van der Waals surface area contributed by atoms with Crippen molar-refractivity contribution in [3.63, 3.8) is 0 Å². The zero-order chi connectivity index (χ0) is 15.8. The fourth-order valence-corrected chi connectivity index (χ4v) is 4.08. The zero-order valence-electron chi connectivity index (χ0n) is 13.5. The molecule has 2 atom stereocenters. The standard InChI is InChI=1S/C15H26N2O3S/c1-9(2)16-8-14-11(4)20-12(5)15(14)21(18,19)17-7-13-6-10(13)3/h9-10,13,16-17H,6-8H2,1-5H3. The van der Waals surface area contributed by atoms with E-state index >= 15 is 0 Å². The summed E-state index contributed by atoms with van der Waals surface area (Å²) >= 11 is 0. The van der Waals surface area contributed by atoms with Crippen molar-refractivity contribution in [2.24, 2.45) is 11.8 Å². The topological polar surface area (TPSA) is 71.3 Å². The molecule has 1 fully saturated rings. The van der Waals surface area contributed by atoms with Gasteiger partial charge in [0.25, 0.3) is 0 Å². The first-order valence-corrected chi connectivity index (χ1v) is 9.02. The molecule has 2 unspecified atom stereocenters. The van der Waals surface area contributed by atoms with Gasteiger partial charge in [0.15, 0.2) is 0 Å². The van der Waals surface area contributed by atoms with Gasteiger partial charge in [-0.2, -0.15) is 0 Å². The molecule has 1 aliphatic carbocycles. The highest BCUT2D eigenvalue weighted by atomic mass is 32.2. The maximum atomic E-state index is 12.6. The Labute approximate surface area is 127 Å². The normalized spacial score (nSPS) is 22.0. The van der Waals surface area contributed by atoms with Gasteiger partial charge in [-0.15, -0.1) is 0 Å². The van der Waals surface area contributed by atoms with E-state index in [1.807, 2.05) is 20.8 Å². The molecule has 1 aromatic rings. The summed E-state index contributed by atoms with van der Waals surface area (Å²) < 4.78 is 33.4. The van der Waals surface area contributed by atoms with E-state index < -0.39 is 10.0 Å². The van der Waals surface area contributed by atoms with Gasteiger partial charge in [-0.25, -0.2) is 13.1 Å². The van der Waals surface area contributed by atoms with Gasteiger partial charge in [-0.05, 0) is 32.1 Å². The van der Waals surface area contributed by atoms with Gasteiger partial charge in [-0.3, -0.25) is 0 Å². The highest BCUT2D eigenvalue weighted by Gasteiger charge is 2.34. The Bertz CT molecular complexity index is 605. The van der Waals surface area contributed by atoms with Gasteiger partial charge in [0.2, 0.25) is 10.0 Å². The van der Waals surface area contributed by atoms with Crippen LogP contribution in [0.1, 0.15) is 44.3 Å². The van der Waals surface area contributed by atoms with Crippen molar-refractivity contribution in [1.82, 2.24) is 10.0 Å². The summed E-state index contributed by atoms with van der Waals surface area (Å²) in [7, 11) is -3.51. The molecule has 1 saturated carbocycles. The Morgan fingerprint density at radius 2 is 1.90 bits per heavy atom. The molecule has 0 saturated heterocycles. The Hall–Kier alpha value is -0.850. The van der Waals surface area contributed by atoms with Crippen molar-refractivity contribution in [2.75, 3.05) is 6.54 Å². The second-order valence-corrected chi connectivity index (χ2v) is 8.09. The van der Waals surface area contributed by atoms with Gasteiger partial charge in [-0.1, -0.05) is 20.8 Å². The van der Waals surface area contributed by atoms with Crippen molar-refractivity contribution in [3.05, 3.63) is 17.1 Å². The highest BCUT2D eigenvalue weighted by molar-refractivity contribution is 7.89. The Morgan fingerprint density at radius 1 is 1.29 bits per heavy atom. The van der Waals surface area contributed by atoms with Gasteiger partial charge in [0.05, 0.1) is 0 Å². The number of nitrogens with one attached hydrogen (secondary N) is 2. The fraction of sp³-hybridized carbons (Fsp3) is 0.733. The van der Waals surface area contributed by atoms with E-state index in [-0.39, 0.29) is 6.04 Å². The second-order valence-electron chi connectivity index (χ2n) is 6.38. The summed E-state index contributed by atoms with van der Waals surface area (Å²) in [5.41, 5.74) is 0.734. The number of hydrogen-bond donors (Lipinski definition) is 2. The molecule has 1 heterocycles. The van der Waals surface area contributed by atoms with Crippen molar-refractivity contribution in [2.45, 2.75) is 58.5 Å². The van der Waals surface area contributed by atoms with Crippen molar-refractivity contribution in [1.29, 1.82) is 0 Å². The SMILES string of the molecule is Cc1oc(C)c(S(=O)(=O)NCC2CC2C)c1CNC(C)C. The molecule has 1 aromatic heterocycles. The van der Waals surface area contributed by atoms with Crippen LogP contribution in [0.3, 0.4) is 0 Å². The van der Waals surface area contributed by atoms with Crippen LogP contribution in [0.2, 0.25) is 0 Å². The molecule has 120 valence electrons. The average Bonchev–Trinajstić information content (AvgIpc) is 2.98. The third-order valence-electron chi connectivity index (χ3n) is 4.09. The second kappa shape index (κ2) is 6.10. The molecule has 0 radical (unpaired) electrons. The molecular weight excluding hydrogens is 288 g/mol. The predicted octanol–water partition coefficient (Wildman–Crippen LogP) is 2.33. The zero-order valence-corrected chi connectivity index (χ0v) is 14.3. The molecule has 0 bridgehead atoms. The molecule has 0 aliphatic heterocycles. The Morgan fingerprint density at radius 3 is 2.43 bits per heavy atom. The summed E-state index contributed by atoms with van der Waals surface area (Å²) in [4.78, 5) is 0.307. The first-order valence-electron chi connectivity index (χ1n) is 7.54. The number of aryl methyl sites for hydroxylation is 2. The predicted molar refractivity (Wildman–Crippen MR) is 82.6 cm³/mol. The van der Waals surface area contributed by atoms with Crippen LogP contribution < -0.4 is 10.0 Å². The van der Waals surface area contributed by atoms with Crippen LogP contribution in [-0.4, -0.2) is 21.0 Å². The smallest absolute Gasteiger partial charge is 0.244 e. The average molecular weight is 314 g/mol. The van der Waals surface area contributed by atoms with Crippen LogP contribution in [0.25, 0.3) is 0 Å². The van der Waals surface area contributed by atoms with Gasteiger partial charge >= 0.3 is 0 Å². The lowest BCUT2D eigenvalue weighted by molar-refractivity contribution is 0.491. The van der Waals surface area contributed by atoms with E-state index in [9.17, 15) is 8.42 Å². The molecule has 0 aromatic carbocycles. The Kier molecular flexibility index (Phi) is 4.80. The van der Waals surface area contributed by atoms with Crippen LogP contribution in [0.5, 0.6) is 0 Å². The molecule has 21 heavy (non-hydrogen) atoms. The Balaban J connectivity index is 2.20. The van der Waals surface area contributed by atoms with Crippen LogP contribution in [0.15, 0.2) is 9.31 Å². The number of hydrogen-bond acceptors (Lipinski definition) is 4. The monoisotopic (exact) mass is 314 g/mol. The third kappa shape index (κ3) is 3.87. The molecule has 2 N–H and O–H groups in total. The molecule has 6 heteroatoms. The van der Waals surface area contributed by atoms with E-state index in [0.29, 0.717) is 41.3 Å². The van der Waals surface area contributed by atoms with E-state index in [0.717, 1.165) is 12.0 Å². The van der Waals surface area contributed by atoms with E-state index in [2.05, 4.69) is 17.0 Å². The number of rotatable bonds is 7. The minimum absolute atomic E-state index is 0.287. The molecule has 1 aliphatic rings. The minimum Gasteiger partial charge on any atom is -0.465 e. The summed E-state index contributed by atoms with van der Waals surface area (Å²) in [6.45, 7) is 10.7. The molecule has 2 rings (SSSR count). The van der Waals surface area contributed by atoms with Gasteiger partial charge < -0.3 is 9.73 Å². The molecular formula is C15H26N2O3S. The lowest BCUT2D eigenvalue weighted by Gasteiger charge is -2.11. The van der Waals surface area contributed by atoms with Crippen LogP contribution in [0, 0.1) is 25.7 Å². The van der Waals surface area contributed by atoms with Crippen LogP contribution in [-0.2, 0) is 16.6 Å². The maximum Gasteiger partial charge on any atom is 0.244 e. The summed E-state index contributed by atoms with van der Waals surface area (Å²) in [6.07, 6.45) is 1.10. The van der Waals surface area contributed by atoms with Crippen LogP contribution >= 0.6 is 0 Å². The van der Waals surface area contributed by atoms with E-state index in [1.165, 1.54) is 0 Å². The van der Waals surface area contributed by atoms with Crippen molar-refractivity contribution in [3.8, 4) is 0 Å². The minimum atomic E-state index is -3.51. The first kappa shape index (κ1) is 16.5. The fourth-order valence-electron chi connectivity index (χ4n) is 2.54. The van der Waals surface area contributed by atoms with E-state index in [1.54, 1.807) is 6.92 Å².